The summed E-state index contributed by atoms with van der Waals surface area (Å²) in [5.41, 5.74) is 5.67. The number of hydrogen-bond donors (Lipinski definition) is 0. The molecule has 0 fully saturated rings. The van der Waals surface area contributed by atoms with Crippen LogP contribution < -0.4 is 9.64 Å². The lowest BCUT2D eigenvalue weighted by Gasteiger charge is -2.25. The van der Waals surface area contributed by atoms with Crippen molar-refractivity contribution < 1.29 is 9.53 Å². The molecule has 0 aromatic heterocycles. The van der Waals surface area contributed by atoms with Crippen LogP contribution in [-0.4, -0.2) is 5.97 Å². The van der Waals surface area contributed by atoms with Gasteiger partial charge < -0.3 is 9.64 Å². The molecule has 0 heterocycles. The molecule has 4 rings (SSSR count). The van der Waals surface area contributed by atoms with Crippen molar-refractivity contribution in [2.24, 2.45) is 0 Å². The first-order chi connectivity index (χ1) is 15.2. The summed E-state index contributed by atoms with van der Waals surface area (Å²) in [4.78, 5) is 13.6. The van der Waals surface area contributed by atoms with Gasteiger partial charge in [0.2, 0.25) is 0 Å². The minimum Gasteiger partial charge on any atom is -0.423 e. The molecular formula is C28H23NO2. The molecule has 0 aliphatic carbocycles. The van der Waals surface area contributed by atoms with Crippen LogP contribution in [-0.2, 0) is 11.3 Å². The van der Waals surface area contributed by atoms with E-state index in [1.165, 1.54) is 5.56 Å². The third-order valence-electron chi connectivity index (χ3n) is 5.00. The molecule has 4 aromatic rings. The molecule has 0 aliphatic rings. The quantitative estimate of drug-likeness (QED) is 0.193. The van der Waals surface area contributed by atoms with E-state index in [0.717, 1.165) is 35.1 Å². The number of carbonyl (C=O) groups is 1. The van der Waals surface area contributed by atoms with Gasteiger partial charge in [-0.05, 0) is 53.1 Å². The van der Waals surface area contributed by atoms with Crippen molar-refractivity contribution in [2.75, 3.05) is 4.90 Å². The normalized spacial score (nSPS) is 10.3. The van der Waals surface area contributed by atoms with Crippen LogP contribution in [0.1, 0.15) is 5.56 Å². The molecule has 0 bridgehead atoms. The Morgan fingerprint density at radius 3 is 1.81 bits per heavy atom. The maximum Gasteiger partial charge on any atom is 0.335 e. The second kappa shape index (κ2) is 9.59. The molecule has 0 spiro atoms. The molecular weight excluding hydrogens is 382 g/mol. The van der Waals surface area contributed by atoms with Crippen molar-refractivity contribution in [3.8, 4) is 16.9 Å². The monoisotopic (exact) mass is 405 g/mol. The molecule has 0 atom stereocenters. The third-order valence-corrected chi connectivity index (χ3v) is 5.00. The molecule has 152 valence electrons. The molecule has 0 unspecified atom stereocenters. The van der Waals surface area contributed by atoms with Gasteiger partial charge in [-0.3, -0.25) is 0 Å². The van der Waals surface area contributed by atoms with Crippen LogP contribution in [0.15, 0.2) is 122 Å². The van der Waals surface area contributed by atoms with E-state index in [1.54, 1.807) is 12.1 Å². The number of ether oxygens (including phenoxy) is 1. The summed E-state index contributed by atoms with van der Waals surface area (Å²) < 4.78 is 5.15. The maximum absolute atomic E-state index is 11.3. The predicted octanol–water partition coefficient (Wildman–Crippen LogP) is 6.78. The van der Waals surface area contributed by atoms with Crippen molar-refractivity contribution in [1.29, 1.82) is 0 Å². The van der Waals surface area contributed by atoms with E-state index in [2.05, 4.69) is 84.3 Å². The highest BCUT2D eigenvalue weighted by Crippen LogP contribution is 2.30. The number of esters is 1. The summed E-state index contributed by atoms with van der Waals surface area (Å²) in [5, 5.41) is 0. The van der Waals surface area contributed by atoms with Crippen LogP contribution in [0.4, 0.5) is 11.4 Å². The van der Waals surface area contributed by atoms with Crippen LogP contribution in [0.3, 0.4) is 0 Å². The third kappa shape index (κ3) is 5.09. The minimum atomic E-state index is -0.462. The standard InChI is InChI=1S/C28H23NO2/c1-2-28(30)31-27-19-15-24(16-20-27)23-13-17-26(18-14-23)29(25-11-7-4-8-12-25)21-22-9-5-3-6-10-22/h2-20H,1,21H2. The zero-order valence-electron chi connectivity index (χ0n) is 17.1. The van der Waals surface area contributed by atoms with Crippen LogP contribution >= 0.6 is 0 Å². The van der Waals surface area contributed by atoms with Gasteiger partial charge in [-0.25, -0.2) is 4.79 Å². The second-order valence-electron chi connectivity index (χ2n) is 7.10. The first-order valence-electron chi connectivity index (χ1n) is 10.1. The Kier molecular flexibility index (Phi) is 6.24. The summed E-state index contributed by atoms with van der Waals surface area (Å²) >= 11 is 0. The fraction of sp³-hybridized carbons (Fsp3) is 0.0357. The first kappa shape index (κ1) is 20.2. The average molecular weight is 405 g/mol. The fourth-order valence-corrected chi connectivity index (χ4v) is 3.41. The fourth-order valence-electron chi connectivity index (χ4n) is 3.41. The van der Waals surface area contributed by atoms with E-state index in [0.29, 0.717) is 5.75 Å². The first-order valence-corrected chi connectivity index (χ1v) is 10.1. The summed E-state index contributed by atoms with van der Waals surface area (Å²) in [5.74, 6) is 0.0416. The number of rotatable bonds is 7. The number of para-hydroxylation sites is 1. The second-order valence-corrected chi connectivity index (χ2v) is 7.10. The van der Waals surface area contributed by atoms with Gasteiger partial charge in [0.1, 0.15) is 5.75 Å². The van der Waals surface area contributed by atoms with Crippen molar-refractivity contribution in [2.45, 2.75) is 6.54 Å². The number of hydrogen-bond acceptors (Lipinski definition) is 3. The topological polar surface area (TPSA) is 29.5 Å². The lowest BCUT2D eigenvalue weighted by Crippen LogP contribution is -2.16. The van der Waals surface area contributed by atoms with Crippen LogP contribution in [0.5, 0.6) is 5.75 Å². The van der Waals surface area contributed by atoms with Crippen LogP contribution in [0.2, 0.25) is 0 Å². The molecule has 3 nitrogen and oxygen atoms in total. The molecule has 0 aliphatic heterocycles. The van der Waals surface area contributed by atoms with E-state index in [9.17, 15) is 4.79 Å². The molecule has 4 aromatic carbocycles. The number of benzene rings is 4. The Morgan fingerprint density at radius 2 is 1.23 bits per heavy atom. The molecule has 0 saturated heterocycles. The van der Waals surface area contributed by atoms with E-state index in [1.807, 2.05) is 24.3 Å². The van der Waals surface area contributed by atoms with Crippen LogP contribution in [0, 0.1) is 0 Å². The number of anilines is 2. The Hall–Kier alpha value is -4.11. The Bertz CT molecular complexity index is 1140. The van der Waals surface area contributed by atoms with Gasteiger partial charge in [0, 0.05) is 24.0 Å². The SMILES string of the molecule is C=CC(=O)Oc1ccc(-c2ccc(N(Cc3ccccc3)c3ccccc3)cc2)cc1. The highest BCUT2D eigenvalue weighted by Gasteiger charge is 2.10. The van der Waals surface area contributed by atoms with Crippen LogP contribution in [0.25, 0.3) is 11.1 Å². The van der Waals surface area contributed by atoms with Gasteiger partial charge in [-0.15, -0.1) is 0 Å². The van der Waals surface area contributed by atoms with E-state index < -0.39 is 5.97 Å². The summed E-state index contributed by atoms with van der Waals surface area (Å²) in [7, 11) is 0. The van der Waals surface area contributed by atoms with Gasteiger partial charge in [-0.1, -0.05) is 79.4 Å². The zero-order chi connectivity index (χ0) is 21.5. The molecule has 3 heteroatoms. The van der Waals surface area contributed by atoms with Crippen molar-refractivity contribution in [3.05, 3.63) is 127 Å². The average Bonchev–Trinajstić information content (AvgIpc) is 2.84. The Balaban J connectivity index is 1.58. The molecule has 0 amide bonds. The summed E-state index contributed by atoms with van der Waals surface area (Å²) in [6.07, 6.45) is 1.15. The van der Waals surface area contributed by atoms with Gasteiger partial charge in [0.25, 0.3) is 0 Å². The maximum atomic E-state index is 11.3. The highest BCUT2D eigenvalue weighted by atomic mass is 16.5. The van der Waals surface area contributed by atoms with E-state index in [-0.39, 0.29) is 0 Å². The van der Waals surface area contributed by atoms with Gasteiger partial charge >= 0.3 is 5.97 Å². The predicted molar refractivity (Wildman–Crippen MR) is 126 cm³/mol. The lowest BCUT2D eigenvalue weighted by atomic mass is 10.0. The van der Waals surface area contributed by atoms with E-state index >= 15 is 0 Å². The zero-order valence-corrected chi connectivity index (χ0v) is 17.1. The summed E-state index contributed by atoms with van der Waals surface area (Å²) in [6, 6.07) is 36.8. The van der Waals surface area contributed by atoms with Crippen molar-refractivity contribution in [3.63, 3.8) is 0 Å². The molecule has 0 saturated carbocycles. The lowest BCUT2D eigenvalue weighted by molar-refractivity contribution is -0.128. The molecule has 31 heavy (non-hydrogen) atoms. The largest absolute Gasteiger partial charge is 0.423 e. The summed E-state index contributed by atoms with van der Waals surface area (Å²) in [6.45, 7) is 4.20. The number of carbonyl (C=O) groups excluding carboxylic acids is 1. The Labute approximate surface area is 182 Å². The highest BCUT2D eigenvalue weighted by molar-refractivity contribution is 5.83. The van der Waals surface area contributed by atoms with Crippen molar-refractivity contribution >= 4 is 17.3 Å². The van der Waals surface area contributed by atoms with E-state index in [4.69, 9.17) is 4.74 Å². The Morgan fingerprint density at radius 1 is 0.710 bits per heavy atom. The van der Waals surface area contributed by atoms with Crippen molar-refractivity contribution in [1.82, 2.24) is 0 Å². The molecule has 0 N–H and O–H groups in total. The number of nitrogens with zero attached hydrogens (tertiary/aromatic N) is 1. The molecule has 0 radical (unpaired) electrons. The van der Waals surface area contributed by atoms with Gasteiger partial charge in [0.15, 0.2) is 0 Å². The smallest absolute Gasteiger partial charge is 0.335 e. The minimum absolute atomic E-state index is 0.462. The van der Waals surface area contributed by atoms with Gasteiger partial charge in [0.05, 0.1) is 0 Å². The van der Waals surface area contributed by atoms with Gasteiger partial charge in [-0.2, -0.15) is 0 Å².